The van der Waals surface area contributed by atoms with E-state index in [-0.39, 0.29) is 9.85 Å². The van der Waals surface area contributed by atoms with Crippen LogP contribution in [0.4, 0.5) is 0 Å². The summed E-state index contributed by atoms with van der Waals surface area (Å²) in [6.07, 6.45) is 0. The molecule has 1 saturated carbocycles. The van der Waals surface area contributed by atoms with Crippen LogP contribution in [0.15, 0.2) is 60.7 Å². The average molecular weight is 298 g/mol. The van der Waals surface area contributed by atoms with E-state index in [4.69, 9.17) is 0 Å². The highest BCUT2D eigenvalue weighted by Gasteiger charge is 2.66. The lowest BCUT2D eigenvalue weighted by Crippen LogP contribution is -2.58. The molecule has 0 unspecified atom stereocenters. The van der Waals surface area contributed by atoms with E-state index < -0.39 is 23.9 Å². The Morgan fingerprint density at radius 3 is 1.23 bits per heavy atom. The van der Waals surface area contributed by atoms with Gasteiger partial charge >= 0.3 is 0 Å². The van der Waals surface area contributed by atoms with Gasteiger partial charge in [-0.3, -0.25) is 20.2 Å². The normalized spacial score (nSPS) is 26.9. The van der Waals surface area contributed by atoms with E-state index in [2.05, 4.69) is 0 Å². The van der Waals surface area contributed by atoms with Gasteiger partial charge in [0.25, 0.3) is 0 Å². The maximum Gasteiger partial charge on any atom is 0.239 e. The van der Waals surface area contributed by atoms with Gasteiger partial charge < -0.3 is 0 Å². The van der Waals surface area contributed by atoms with Crippen molar-refractivity contribution in [3.63, 3.8) is 0 Å². The molecule has 1 aliphatic carbocycles. The molecule has 0 aliphatic heterocycles. The third kappa shape index (κ3) is 2.22. The first-order chi connectivity index (χ1) is 10.6. The molecular weight excluding hydrogens is 284 g/mol. The van der Waals surface area contributed by atoms with Crippen LogP contribution in [0.2, 0.25) is 0 Å². The maximum absolute atomic E-state index is 11.5. The molecule has 0 spiro atoms. The van der Waals surface area contributed by atoms with E-state index >= 15 is 0 Å². The van der Waals surface area contributed by atoms with Crippen molar-refractivity contribution in [2.45, 2.75) is 23.9 Å². The second-order valence-electron chi connectivity index (χ2n) is 5.42. The number of rotatable bonds is 4. The van der Waals surface area contributed by atoms with Crippen LogP contribution in [0, 0.1) is 20.2 Å². The van der Waals surface area contributed by atoms with Gasteiger partial charge in [0, 0.05) is 9.85 Å². The van der Waals surface area contributed by atoms with Crippen molar-refractivity contribution >= 4 is 0 Å². The molecule has 2 aromatic carbocycles. The fourth-order valence-corrected chi connectivity index (χ4v) is 3.37. The molecule has 3 rings (SSSR count). The van der Waals surface area contributed by atoms with Gasteiger partial charge in [-0.05, 0) is 11.1 Å². The Balaban J connectivity index is 2.04. The lowest BCUT2D eigenvalue weighted by Gasteiger charge is -2.40. The van der Waals surface area contributed by atoms with Crippen molar-refractivity contribution < 1.29 is 9.85 Å². The van der Waals surface area contributed by atoms with Crippen LogP contribution < -0.4 is 0 Å². The van der Waals surface area contributed by atoms with Gasteiger partial charge in [0.05, 0.1) is 0 Å². The molecule has 2 aromatic rings. The number of hydrogen-bond donors (Lipinski definition) is 0. The summed E-state index contributed by atoms with van der Waals surface area (Å²) in [5.41, 5.74) is 1.30. The minimum Gasteiger partial charge on any atom is -0.264 e. The first kappa shape index (κ1) is 14.2. The van der Waals surface area contributed by atoms with Crippen molar-refractivity contribution in [2.75, 3.05) is 0 Å². The highest BCUT2D eigenvalue weighted by molar-refractivity contribution is 5.35. The summed E-state index contributed by atoms with van der Waals surface area (Å²) in [7, 11) is 0. The summed E-state index contributed by atoms with van der Waals surface area (Å²) in [4.78, 5) is 22.2. The second kappa shape index (κ2) is 5.55. The minimum atomic E-state index is -0.972. The van der Waals surface area contributed by atoms with E-state index in [1.807, 2.05) is 0 Å². The molecule has 0 radical (unpaired) electrons. The van der Waals surface area contributed by atoms with Crippen LogP contribution in [-0.2, 0) is 0 Å². The lowest BCUT2D eigenvalue weighted by molar-refractivity contribution is -0.618. The SMILES string of the molecule is O=[N+]([O-])C1C(c2ccccc2)C([N+](=O)[O-])C1c1ccccc1. The summed E-state index contributed by atoms with van der Waals surface area (Å²) < 4.78 is 0. The monoisotopic (exact) mass is 298 g/mol. The highest BCUT2D eigenvalue weighted by Crippen LogP contribution is 2.50. The van der Waals surface area contributed by atoms with Gasteiger partial charge in [-0.1, -0.05) is 60.7 Å². The standard InChI is InChI=1S/C16H14N2O4/c19-17(20)15-13(11-7-3-1-4-8-11)16(18(21)22)14(15)12-9-5-2-6-10-12/h1-10,13-16H. The van der Waals surface area contributed by atoms with E-state index in [1.54, 1.807) is 60.7 Å². The lowest BCUT2D eigenvalue weighted by atomic mass is 9.60. The second-order valence-corrected chi connectivity index (χ2v) is 5.42. The molecule has 0 amide bonds. The Morgan fingerprint density at radius 2 is 0.955 bits per heavy atom. The number of nitro groups is 2. The zero-order chi connectivity index (χ0) is 15.7. The highest BCUT2D eigenvalue weighted by atomic mass is 16.6. The Bertz CT molecular complexity index is 620. The van der Waals surface area contributed by atoms with Crippen molar-refractivity contribution in [1.29, 1.82) is 0 Å². The molecule has 0 saturated heterocycles. The van der Waals surface area contributed by atoms with Crippen LogP contribution in [0.1, 0.15) is 23.0 Å². The Morgan fingerprint density at radius 1 is 0.636 bits per heavy atom. The van der Waals surface area contributed by atoms with Gasteiger partial charge in [0.15, 0.2) is 0 Å². The first-order valence-electron chi connectivity index (χ1n) is 6.98. The van der Waals surface area contributed by atoms with Crippen LogP contribution >= 0.6 is 0 Å². The number of nitrogens with zero attached hydrogens (tertiary/aromatic N) is 2. The van der Waals surface area contributed by atoms with Gasteiger partial charge in [-0.2, -0.15) is 0 Å². The van der Waals surface area contributed by atoms with E-state index in [0.29, 0.717) is 11.1 Å². The molecule has 1 fully saturated rings. The molecule has 6 nitrogen and oxygen atoms in total. The molecule has 1 aliphatic rings. The Kier molecular flexibility index (Phi) is 3.58. The summed E-state index contributed by atoms with van der Waals surface area (Å²) in [6.45, 7) is 0. The van der Waals surface area contributed by atoms with Gasteiger partial charge in [-0.15, -0.1) is 0 Å². The number of benzene rings is 2. The molecule has 0 heterocycles. The molecule has 0 N–H and O–H groups in total. The zero-order valence-electron chi connectivity index (χ0n) is 11.6. The molecule has 0 bridgehead atoms. The average Bonchev–Trinajstić information content (AvgIpc) is 2.47. The summed E-state index contributed by atoms with van der Waals surface area (Å²) in [5, 5.41) is 23.0. The van der Waals surface area contributed by atoms with Crippen LogP contribution in [0.3, 0.4) is 0 Å². The first-order valence-corrected chi connectivity index (χ1v) is 6.98. The molecule has 0 aromatic heterocycles. The number of hydrogen-bond acceptors (Lipinski definition) is 4. The third-order valence-electron chi connectivity index (χ3n) is 4.33. The predicted octanol–water partition coefficient (Wildman–Crippen LogP) is 2.86. The smallest absolute Gasteiger partial charge is 0.239 e. The Hall–Kier alpha value is -2.76. The van der Waals surface area contributed by atoms with Gasteiger partial charge in [0.1, 0.15) is 11.8 Å². The van der Waals surface area contributed by atoms with Crippen LogP contribution in [0.25, 0.3) is 0 Å². The van der Waals surface area contributed by atoms with E-state index in [0.717, 1.165) is 0 Å². The van der Waals surface area contributed by atoms with Gasteiger partial charge in [0.2, 0.25) is 12.1 Å². The van der Waals surface area contributed by atoms with Crippen LogP contribution in [-0.4, -0.2) is 21.9 Å². The summed E-state index contributed by atoms with van der Waals surface area (Å²) >= 11 is 0. The summed E-state index contributed by atoms with van der Waals surface area (Å²) in [5.74, 6) is -1.40. The molecule has 112 valence electrons. The van der Waals surface area contributed by atoms with Crippen molar-refractivity contribution in [2.24, 2.45) is 0 Å². The van der Waals surface area contributed by atoms with E-state index in [1.165, 1.54) is 0 Å². The summed E-state index contributed by atoms with van der Waals surface area (Å²) in [6, 6.07) is 15.5. The minimum absolute atomic E-state index is 0.380. The fourth-order valence-electron chi connectivity index (χ4n) is 3.37. The fraction of sp³-hybridized carbons (Fsp3) is 0.250. The largest absolute Gasteiger partial charge is 0.264 e. The van der Waals surface area contributed by atoms with Gasteiger partial charge in [-0.25, -0.2) is 0 Å². The predicted molar refractivity (Wildman–Crippen MR) is 79.9 cm³/mol. The molecule has 22 heavy (non-hydrogen) atoms. The molecule has 0 atom stereocenters. The third-order valence-corrected chi connectivity index (χ3v) is 4.33. The quantitative estimate of drug-likeness (QED) is 0.641. The van der Waals surface area contributed by atoms with Crippen LogP contribution in [0.5, 0.6) is 0 Å². The van der Waals surface area contributed by atoms with Crippen molar-refractivity contribution in [3.05, 3.63) is 92.0 Å². The Labute approximate surface area is 126 Å². The van der Waals surface area contributed by atoms with Crippen molar-refractivity contribution in [3.8, 4) is 0 Å². The zero-order valence-corrected chi connectivity index (χ0v) is 11.6. The maximum atomic E-state index is 11.5. The van der Waals surface area contributed by atoms with E-state index in [9.17, 15) is 20.2 Å². The molecular formula is C16H14N2O4. The molecule has 6 heteroatoms. The topological polar surface area (TPSA) is 86.3 Å². The van der Waals surface area contributed by atoms with Crippen molar-refractivity contribution in [1.82, 2.24) is 0 Å².